The molecule has 0 saturated carbocycles. The topological polar surface area (TPSA) is 101 Å². The van der Waals surface area contributed by atoms with Gasteiger partial charge in [-0.05, 0) is 18.2 Å². The molecule has 0 fully saturated rings. The number of anilines is 2. The van der Waals surface area contributed by atoms with Gasteiger partial charge in [0.25, 0.3) is 11.5 Å². The van der Waals surface area contributed by atoms with Crippen LogP contribution in [0.1, 0.15) is 0 Å². The van der Waals surface area contributed by atoms with Gasteiger partial charge in [-0.2, -0.15) is 4.98 Å². The highest BCUT2D eigenvalue weighted by atomic mass is 16.6. The number of para-hydroxylation sites is 2. The Kier molecular flexibility index (Phi) is 2.55. The lowest BCUT2D eigenvalue weighted by Crippen LogP contribution is -1.95. The van der Waals surface area contributed by atoms with Crippen LogP contribution in [0.5, 0.6) is 0 Å². The molecule has 0 atom stereocenters. The maximum absolute atomic E-state index is 10.8. The number of hydrogen-bond donors (Lipinski definition) is 2. The van der Waals surface area contributed by atoms with Crippen molar-refractivity contribution in [3.8, 4) is 0 Å². The highest BCUT2D eigenvalue weighted by Gasteiger charge is 2.10. The lowest BCUT2D eigenvalue weighted by atomic mass is 10.3. The summed E-state index contributed by atoms with van der Waals surface area (Å²) in [7, 11) is 0. The number of H-pyrrole nitrogens is 1. The molecule has 0 radical (unpaired) electrons. The van der Waals surface area contributed by atoms with Crippen molar-refractivity contribution in [2.24, 2.45) is 0 Å². The average Bonchev–Trinajstić information content (AvgIpc) is 3.04. The van der Waals surface area contributed by atoms with Gasteiger partial charge in [-0.1, -0.05) is 18.2 Å². The van der Waals surface area contributed by atoms with Crippen LogP contribution in [0.25, 0.3) is 16.8 Å². The van der Waals surface area contributed by atoms with Crippen LogP contribution in [0.2, 0.25) is 0 Å². The number of nitro benzene ring substituents is 1. The summed E-state index contributed by atoms with van der Waals surface area (Å²) < 4.78 is 1.76. The number of aromatic nitrogens is 4. The van der Waals surface area contributed by atoms with E-state index in [1.165, 1.54) is 12.1 Å². The highest BCUT2D eigenvalue weighted by molar-refractivity contribution is 5.79. The van der Waals surface area contributed by atoms with Crippen molar-refractivity contribution in [1.82, 2.24) is 19.6 Å². The Hall–Kier alpha value is -3.42. The molecule has 4 rings (SSSR count). The third-order valence-electron chi connectivity index (χ3n) is 3.29. The van der Waals surface area contributed by atoms with Crippen LogP contribution in [0.15, 0.2) is 48.5 Å². The van der Waals surface area contributed by atoms with E-state index in [1.807, 2.05) is 24.3 Å². The summed E-state index contributed by atoms with van der Waals surface area (Å²) in [5, 5.41) is 16.9. The molecule has 8 nitrogen and oxygen atoms in total. The molecule has 2 aromatic heterocycles. The largest absolute Gasteiger partial charge is 0.324 e. The highest BCUT2D eigenvalue weighted by Crippen LogP contribution is 2.21. The number of nitrogens with one attached hydrogen (secondary N) is 2. The molecule has 2 aromatic carbocycles. The molecule has 0 saturated heterocycles. The average molecular weight is 294 g/mol. The molecule has 0 bridgehead atoms. The number of nitrogens with zero attached hydrogens (tertiary/aromatic N) is 4. The standard InChI is InChI=1S/C14H10N6O2/c21-20(22)10-5-3-4-9(8-10)15-13-17-14-16-11-6-1-2-7-12(11)19(14)18-13/h1-8H,(H2,15,16,17,18). The summed E-state index contributed by atoms with van der Waals surface area (Å²) in [6.07, 6.45) is 0. The van der Waals surface area contributed by atoms with Gasteiger partial charge in [-0.25, -0.2) is 9.50 Å². The Morgan fingerprint density at radius 3 is 2.86 bits per heavy atom. The molecule has 22 heavy (non-hydrogen) atoms. The zero-order valence-electron chi connectivity index (χ0n) is 11.2. The zero-order chi connectivity index (χ0) is 15.1. The quantitative estimate of drug-likeness (QED) is 0.447. The summed E-state index contributed by atoms with van der Waals surface area (Å²) in [6.45, 7) is 0. The molecule has 8 heteroatoms. The number of fused-ring (bicyclic) bond motifs is 3. The van der Waals surface area contributed by atoms with Gasteiger partial charge in [0.05, 0.1) is 16.0 Å². The lowest BCUT2D eigenvalue weighted by Gasteiger charge is -2.01. The lowest BCUT2D eigenvalue weighted by molar-refractivity contribution is -0.384. The van der Waals surface area contributed by atoms with Gasteiger partial charge in [0.2, 0.25) is 5.95 Å². The molecular weight excluding hydrogens is 284 g/mol. The van der Waals surface area contributed by atoms with E-state index in [2.05, 4.69) is 20.4 Å². The van der Waals surface area contributed by atoms with Crippen LogP contribution >= 0.6 is 0 Å². The first kappa shape index (κ1) is 12.3. The smallest absolute Gasteiger partial charge is 0.271 e. The fraction of sp³-hybridized carbons (Fsp3) is 0. The molecule has 2 N–H and O–H groups in total. The van der Waals surface area contributed by atoms with Crippen LogP contribution in [-0.4, -0.2) is 24.5 Å². The molecule has 0 unspecified atom stereocenters. The third-order valence-corrected chi connectivity index (χ3v) is 3.29. The molecule has 0 aliphatic heterocycles. The zero-order valence-corrected chi connectivity index (χ0v) is 11.2. The number of non-ortho nitro benzene ring substituents is 1. The summed E-state index contributed by atoms with van der Waals surface area (Å²) in [5.74, 6) is 1.00. The Bertz CT molecular complexity index is 1000. The Morgan fingerprint density at radius 1 is 1.14 bits per heavy atom. The molecule has 2 heterocycles. The molecule has 0 spiro atoms. The van der Waals surface area contributed by atoms with Crippen molar-refractivity contribution in [2.45, 2.75) is 0 Å². The summed E-state index contributed by atoms with van der Waals surface area (Å²) in [6, 6.07) is 13.9. The van der Waals surface area contributed by atoms with E-state index in [0.717, 1.165) is 11.0 Å². The van der Waals surface area contributed by atoms with E-state index in [9.17, 15) is 10.1 Å². The van der Waals surface area contributed by atoms with E-state index in [4.69, 9.17) is 0 Å². The fourth-order valence-electron chi connectivity index (χ4n) is 2.32. The first-order valence-electron chi connectivity index (χ1n) is 6.55. The Labute approximate surface area is 123 Å². The Balaban J connectivity index is 1.72. The van der Waals surface area contributed by atoms with Crippen molar-refractivity contribution in [1.29, 1.82) is 0 Å². The summed E-state index contributed by atoms with van der Waals surface area (Å²) in [4.78, 5) is 19.1. The second-order valence-electron chi connectivity index (χ2n) is 4.74. The summed E-state index contributed by atoms with van der Waals surface area (Å²) in [5.41, 5.74) is 2.36. The monoisotopic (exact) mass is 294 g/mol. The molecular formula is C14H10N6O2. The van der Waals surface area contributed by atoms with Crippen LogP contribution in [0.3, 0.4) is 0 Å². The van der Waals surface area contributed by atoms with Crippen LogP contribution in [0, 0.1) is 10.1 Å². The number of benzene rings is 2. The number of imidazole rings is 1. The number of aromatic amines is 1. The Morgan fingerprint density at radius 2 is 2.00 bits per heavy atom. The number of hydrogen-bond acceptors (Lipinski definition) is 5. The van der Waals surface area contributed by atoms with E-state index < -0.39 is 4.92 Å². The SMILES string of the molecule is O=[N+]([O-])c1cccc(Nc2nc3nc4ccccc4n3[nH]2)c1. The minimum absolute atomic E-state index is 0.0202. The van der Waals surface area contributed by atoms with E-state index >= 15 is 0 Å². The van der Waals surface area contributed by atoms with Gasteiger partial charge >= 0.3 is 0 Å². The first-order chi connectivity index (χ1) is 10.7. The van der Waals surface area contributed by atoms with Gasteiger partial charge in [-0.15, -0.1) is 0 Å². The van der Waals surface area contributed by atoms with Crippen molar-refractivity contribution in [3.63, 3.8) is 0 Å². The number of rotatable bonds is 3. The molecule has 0 aliphatic carbocycles. The van der Waals surface area contributed by atoms with E-state index in [-0.39, 0.29) is 5.69 Å². The summed E-state index contributed by atoms with van der Waals surface area (Å²) >= 11 is 0. The van der Waals surface area contributed by atoms with Gasteiger partial charge in [0.15, 0.2) is 0 Å². The molecule has 108 valence electrons. The van der Waals surface area contributed by atoms with E-state index in [1.54, 1.807) is 16.6 Å². The van der Waals surface area contributed by atoms with E-state index in [0.29, 0.717) is 17.4 Å². The van der Waals surface area contributed by atoms with Crippen molar-refractivity contribution < 1.29 is 4.92 Å². The van der Waals surface area contributed by atoms with Gasteiger partial charge in [-0.3, -0.25) is 15.2 Å². The number of nitro groups is 1. The van der Waals surface area contributed by atoms with Crippen LogP contribution in [-0.2, 0) is 0 Å². The fourth-order valence-corrected chi connectivity index (χ4v) is 2.32. The predicted octanol–water partition coefficient (Wildman–Crippen LogP) is 2.86. The van der Waals surface area contributed by atoms with Gasteiger partial charge < -0.3 is 5.32 Å². The second-order valence-corrected chi connectivity index (χ2v) is 4.74. The maximum Gasteiger partial charge on any atom is 0.271 e. The van der Waals surface area contributed by atoms with Crippen molar-refractivity contribution in [3.05, 3.63) is 58.6 Å². The van der Waals surface area contributed by atoms with Crippen LogP contribution in [0.4, 0.5) is 17.3 Å². The molecule has 0 amide bonds. The minimum Gasteiger partial charge on any atom is -0.324 e. The van der Waals surface area contributed by atoms with Crippen molar-refractivity contribution >= 4 is 34.1 Å². The minimum atomic E-state index is -0.437. The van der Waals surface area contributed by atoms with Crippen molar-refractivity contribution in [2.75, 3.05) is 5.32 Å². The predicted molar refractivity (Wildman–Crippen MR) is 81.2 cm³/mol. The maximum atomic E-state index is 10.8. The molecule has 4 aromatic rings. The normalized spacial score (nSPS) is 11.1. The molecule has 0 aliphatic rings. The first-order valence-corrected chi connectivity index (χ1v) is 6.55. The third kappa shape index (κ3) is 1.94. The van der Waals surface area contributed by atoms with Crippen LogP contribution < -0.4 is 5.32 Å². The second kappa shape index (κ2) is 4.55. The van der Waals surface area contributed by atoms with Gasteiger partial charge in [0, 0.05) is 17.8 Å². The van der Waals surface area contributed by atoms with Gasteiger partial charge in [0.1, 0.15) is 0 Å².